The Hall–Kier alpha value is -1.30. The molecule has 0 aromatic heterocycles. The van der Waals surface area contributed by atoms with Crippen LogP contribution in [-0.2, 0) is 9.53 Å². The van der Waals surface area contributed by atoms with Crippen molar-refractivity contribution in [1.82, 2.24) is 10.2 Å². The lowest BCUT2D eigenvalue weighted by molar-refractivity contribution is -0.144. The van der Waals surface area contributed by atoms with Crippen LogP contribution in [0, 0.1) is 5.92 Å². The van der Waals surface area contributed by atoms with Crippen LogP contribution in [0.5, 0.6) is 0 Å². The molecule has 0 aromatic rings. The molecule has 2 N–H and O–H groups in total. The second kappa shape index (κ2) is 6.67. The predicted octanol–water partition coefficient (Wildman–Crippen LogP) is 2.62. The van der Waals surface area contributed by atoms with Crippen LogP contribution < -0.4 is 5.32 Å². The summed E-state index contributed by atoms with van der Waals surface area (Å²) in [6.45, 7) is 8.64. The van der Waals surface area contributed by atoms with Gasteiger partial charge >= 0.3 is 12.1 Å². The van der Waals surface area contributed by atoms with Gasteiger partial charge in [-0.3, -0.25) is 4.90 Å². The first-order valence-corrected chi connectivity index (χ1v) is 8.60. The van der Waals surface area contributed by atoms with Crippen molar-refractivity contribution in [2.24, 2.45) is 5.92 Å². The van der Waals surface area contributed by atoms with Crippen LogP contribution in [0.15, 0.2) is 0 Å². The largest absolute Gasteiger partial charge is 0.479 e. The van der Waals surface area contributed by atoms with Crippen LogP contribution >= 0.6 is 0 Å². The first-order valence-electron chi connectivity index (χ1n) is 8.60. The normalized spacial score (nSPS) is 32.5. The number of amides is 1. The number of hydrogen-bond acceptors (Lipinski definition) is 4. The third-order valence-corrected chi connectivity index (χ3v) is 4.95. The smallest absolute Gasteiger partial charge is 0.408 e. The number of carbonyl (C=O) groups is 2. The van der Waals surface area contributed by atoms with E-state index in [1.807, 2.05) is 0 Å². The minimum atomic E-state index is -1.23. The molecule has 0 spiro atoms. The van der Waals surface area contributed by atoms with E-state index in [4.69, 9.17) is 4.74 Å². The van der Waals surface area contributed by atoms with Gasteiger partial charge in [0.1, 0.15) is 5.60 Å². The number of ether oxygens (including phenoxy) is 1. The van der Waals surface area contributed by atoms with Crippen LogP contribution in [0.3, 0.4) is 0 Å². The van der Waals surface area contributed by atoms with Crippen molar-refractivity contribution < 1.29 is 19.4 Å². The van der Waals surface area contributed by atoms with Gasteiger partial charge < -0.3 is 15.2 Å². The second-order valence-corrected chi connectivity index (χ2v) is 8.15. The Morgan fingerprint density at radius 1 is 1.22 bits per heavy atom. The second-order valence-electron chi connectivity index (χ2n) is 8.15. The fourth-order valence-corrected chi connectivity index (χ4v) is 3.59. The average Bonchev–Trinajstić information content (AvgIpc) is 2.82. The number of rotatable bonds is 3. The molecule has 1 atom stereocenters. The molecule has 0 aromatic carbocycles. The minimum absolute atomic E-state index is 0.362. The zero-order valence-corrected chi connectivity index (χ0v) is 14.7. The topological polar surface area (TPSA) is 78.9 Å². The molecule has 1 saturated heterocycles. The number of carboxylic acids is 1. The van der Waals surface area contributed by atoms with Crippen molar-refractivity contribution in [3.8, 4) is 0 Å². The van der Waals surface area contributed by atoms with Crippen LogP contribution in [0.25, 0.3) is 0 Å². The first kappa shape index (κ1) is 18.0. The quantitative estimate of drug-likeness (QED) is 0.833. The maximum Gasteiger partial charge on any atom is 0.408 e. The number of nitrogens with one attached hydrogen (secondary N) is 1. The number of carboxylic acid groups (broad SMARTS) is 1. The summed E-state index contributed by atoms with van der Waals surface area (Å²) in [7, 11) is 0. The zero-order chi connectivity index (χ0) is 17.3. The van der Waals surface area contributed by atoms with Gasteiger partial charge in [0.2, 0.25) is 0 Å². The van der Waals surface area contributed by atoms with E-state index in [1.54, 1.807) is 20.8 Å². The van der Waals surface area contributed by atoms with Gasteiger partial charge in [-0.25, -0.2) is 9.59 Å². The highest BCUT2D eigenvalue weighted by Gasteiger charge is 2.48. The van der Waals surface area contributed by atoms with E-state index in [9.17, 15) is 14.7 Å². The van der Waals surface area contributed by atoms with Crippen molar-refractivity contribution in [3.63, 3.8) is 0 Å². The van der Waals surface area contributed by atoms with Crippen molar-refractivity contribution in [3.05, 3.63) is 0 Å². The molecule has 6 nitrogen and oxygen atoms in total. The number of alkyl carbamates (subject to hydrolysis) is 1. The van der Waals surface area contributed by atoms with Gasteiger partial charge in [0.05, 0.1) is 0 Å². The Balaban J connectivity index is 1.99. The highest BCUT2D eigenvalue weighted by molar-refractivity contribution is 5.85. The van der Waals surface area contributed by atoms with Crippen LogP contribution in [0.1, 0.15) is 59.8 Å². The van der Waals surface area contributed by atoms with E-state index >= 15 is 0 Å². The Morgan fingerprint density at radius 3 is 2.35 bits per heavy atom. The van der Waals surface area contributed by atoms with Crippen molar-refractivity contribution in [2.45, 2.75) is 77.0 Å². The predicted molar refractivity (Wildman–Crippen MR) is 87.3 cm³/mol. The summed E-state index contributed by atoms with van der Waals surface area (Å²) in [4.78, 5) is 26.1. The molecular formula is C17H30N2O4. The molecular weight excluding hydrogens is 296 g/mol. The number of aliphatic carboxylic acids is 1. The number of carbonyl (C=O) groups excluding carboxylic acids is 1. The van der Waals surface area contributed by atoms with E-state index in [1.165, 1.54) is 12.8 Å². The average molecular weight is 326 g/mol. The Labute approximate surface area is 138 Å². The lowest BCUT2D eigenvalue weighted by atomic mass is 9.86. The molecule has 1 unspecified atom stereocenters. The van der Waals surface area contributed by atoms with Gasteiger partial charge in [0.25, 0.3) is 0 Å². The van der Waals surface area contributed by atoms with Gasteiger partial charge in [-0.1, -0.05) is 6.92 Å². The van der Waals surface area contributed by atoms with Gasteiger partial charge in [0.15, 0.2) is 5.54 Å². The van der Waals surface area contributed by atoms with Gasteiger partial charge in [-0.2, -0.15) is 0 Å². The van der Waals surface area contributed by atoms with Gasteiger partial charge in [0, 0.05) is 19.1 Å². The fraction of sp³-hybridized carbons (Fsp3) is 0.882. The standard InChI is InChI=1S/C17H30N2O4/c1-12-5-7-13(8-6-12)19-10-9-17(11-19,14(20)21)18-15(22)23-16(2,3)4/h12-13H,5-11H2,1-4H3,(H,18,22)(H,20,21). The molecule has 132 valence electrons. The Bertz CT molecular complexity index is 452. The van der Waals surface area contributed by atoms with E-state index in [-0.39, 0.29) is 0 Å². The summed E-state index contributed by atoms with van der Waals surface area (Å²) >= 11 is 0. The van der Waals surface area contributed by atoms with E-state index in [2.05, 4.69) is 17.1 Å². The van der Waals surface area contributed by atoms with Crippen LogP contribution in [0.2, 0.25) is 0 Å². The third kappa shape index (κ3) is 4.59. The molecule has 1 heterocycles. The molecule has 0 bridgehead atoms. The Morgan fingerprint density at radius 2 is 1.83 bits per heavy atom. The molecule has 2 fully saturated rings. The molecule has 6 heteroatoms. The molecule has 1 aliphatic carbocycles. The SMILES string of the molecule is CC1CCC(N2CCC(NC(=O)OC(C)(C)C)(C(=O)O)C2)CC1. The summed E-state index contributed by atoms with van der Waals surface area (Å²) in [6, 6.07) is 0.438. The summed E-state index contributed by atoms with van der Waals surface area (Å²) in [5.74, 6) is -0.215. The van der Waals surface area contributed by atoms with E-state index in [0.29, 0.717) is 25.6 Å². The molecule has 2 rings (SSSR count). The maximum absolute atomic E-state index is 12.0. The van der Waals surface area contributed by atoms with E-state index in [0.717, 1.165) is 18.8 Å². The minimum Gasteiger partial charge on any atom is -0.479 e. The van der Waals surface area contributed by atoms with E-state index < -0.39 is 23.2 Å². The monoisotopic (exact) mass is 326 g/mol. The van der Waals surface area contributed by atoms with Crippen LogP contribution in [-0.4, -0.2) is 52.3 Å². The molecule has 23 heavy (non-hydrogen) atoms. The highest BCUT2D eigenvalue weighted by Crippen LogP contribution is 2.32. The number of nitrogens with zero attached hydrogens (tertiary/aromatic N) is 1. The van der Waals surface area contributed by atoms with Crippen molar-refractivity contribution >= 4 is 12.1 Å². The maximum atomic E-state index is 12.0. The van der Waals surface area contributed by atoms with Crippen molar-refractivity contribution in [2.75, 3.05) is 13.1 Å². The Kier molecular flexibility index (Phi) is 5.23. The van der Waals surface area contributed by atoms with Crippen LogP contribution in [0.4, 0.5) is 4.79 Å². The lowest BCUT2D eigenvalue weighted by Crippen LogP contribution is -2.57. The summed E-state index contributed by atoms with van der Waals surface area (Å²) in [5.41, 5.74) is -1.87. The number of hydrogen-bond donors (Lipinski definition) is 2. The summed E-state index contributed by atoms with van der Waals surface area (Å²) in [5, 5.41) is 12.3. The molecule has 0 radical (unpaired) electrons. The summed E-state index contributed by atoms with van der Waals surface area (Å²) in [6.07, 6.45) is 4.39. The fourth-order valence-electron chi connectivity index (χ4n) is 3.59. The molecule has 1 saturated carbocycles. The lowest BCUT2D eigenvalue weighted by Gasteiger charge is -2.34. The number of likely N-dealkylation sites (tertiary alicyclic amines) is 1. The zero-order valence-electron chi connectivity index (χ0n) is 14.7. The third-order valence-electron chi connectivity index (χ3n) is 4.95. The van der Waals surface area contributed by atoms with Gasteiger partial charge in [-0.15, -0.1) is 0 Å². The van der Waals surface area contributed by atoms with Crippen molar-refractivity contribution in [1.29, 1.82) is 0 Å². The molecule has 1 aliphatic heterocycles. The first-order chi connectivity index (χ1) is 10.6. The molecule has 2 aliphatic rings. The summed E-state index contributed by atoms with van der Waals surface area (Å²) < 4.78 is 5.24. The molecule has 1 amide bonds. The highest BCUT2D eigenvalue weighted by atomic mass is 16.6. The van der Waals surface area contributed by atoms with Gasteiger partial charge in [-0.05, 0) is 58.8 Å².